The van der Waals surface area contributed by atoms with E-state index in [-0.39, 0.29) is 24.4 Å². The lowest BCUT2D eigenvalue weighted by atomic mass is 10.1. The Morgan fingerprint density at radius 1 is 1.42 bits per heavy atom. The molecule has 1 aliphatic heterocycles. The van der Waals surface area contributed by atoms with Crippen LogP contribution in [-0.4, -0.2) is 31.7 Å². The van der Waals surface area contributed by atoms with Crippen LogP contribution in [-0.2, 0) is 16.1 Å². The molecule has 0 aromatic heterocycles. The van der Waals surface area contributed by atoms with Crippen molar-refractivity contribution in [1.82, 2.24) is 10.6 Å². The zero-order chi connectivity index (χ0) is 12.8. The predicted octanol–water partition coefficient (Wildman–Crippen LogP) is 1.41. The maximum atomic E-state index is 11.7. The summed E-state index contributed by atoms with van der Waals surface area (Å²) in [5.74, 6) is 0.0456. The Morgan fingerprint density at radius 2 is 2.16 bits per heavy atom. The van der Waals surface area contributed by atoms with Crippen LogP contribution in [0.15, 0.2) is 24.3 Å². The van der Waals surface area contributed by atoms with Gasteiger partial charge in [-0.3, -0.25) is 4.79 Å². The van der Waals surface area contributed by atoms with Crippen LogP contribution in [0.1, 0.15) is 17.5 Å². The number of nitrogens with one attached hydrogen (secondary N) is 2. The lowest BCUT2D eigenvalue weighted by molar-refractivity contribution is -0.124. The second-order valence-corrected chi connectivity index (χ2v) is 4.66. The summed E-state index contributed by atoms with van der Waals surface area (Å²) < 4.78 is 5.49. The van der Waals surface area contributed by atoms with E-state index in [0.29, 0.717) is 19.6 Å². The fourth-order valence-corrected chi connectivity index (χ4v) is 1.94. The van der Waals surface area contributed by atoms with Gasteiger partial charge in [0.25, 0.3) is 0 Å². The maximum Gasteiger partial charge on any atom is 0.222 e. The predicted molar refractivity (Wildman–Crippen MR) is 77.5 cm³/mol. The van der Waals surface area contributed by atoms with Crippen molar-refractivity contribution in [2.24, 2.45) is 0 Å². The summed E-state index contributed by atoms with van der Waals surface area (Å²) >= 11 is 0. The summed E-state index contributed by atoms with van der Waals surface area (Å²) in [6.45, 7) is 4.96. The first kappa shape index (κ1) is 16.0. The zero-order valence-electron chi connectivity index (χ0n) is 11.1. The largest absolute Gasteiger partial charge is 0.375 e. The van der Waals surface area contributed by atoms with Gasteiger partial charge in [0, 0.05) is 19.6 Å². The van der Waals surface area contributed by atoms with Crippen LogP contribution < -0.4 is 10.6 Å². The highest BCUT2D eigenvalue weighted by atomic mass is 35.5. The molecule has 0 radical (unpaired) electrons. The van der Waals surface area contributed by atoms with E-state index in [1.54, 1.807) is 0 Å². The molecule has 1 amide bonds. The first-order valence-electron chi connectivity index (χ1n) is 6.38. The molecule has 0 bridgehead atoms. The van der Waals surface area contributed by atoms with E-state index in [4.69, 9.17) is 4.74 Å². The van der Waals surface area contributed by atoms with Gasteiger partial charge in [-0.25, -0.2) is 0 Å². The molecule has 1 aromatic rings. The fraction of sp³-hybridized carbons (Fsp3) is 0.500. The van der Waals surface area contributed by atoms with Crippen LogP contribution in [0.3, 0.4) is 0 Å². The summed E-state index contributed by atoms with van der Waals surface area (Å²) in [6.07, 6.45) is 0.440. The van der Waals surface area contributed by atoms with Crippen LogP contribution in [0.2, 0.25) is 0 Å². The van der Waals surface area contributed by atoms with Gasteiger partial charge >= 0.3 is 0 Å². The van der Waals surface area contributed by atoms with Crippen molar-refractivity contribution in [3.05, 3.63) is 35.4 Å². The van der Waals surface area contributed by atoms with E-state index in [1.807, 2.05) is 12.1 Å². The molecular weight excluding hydrogens is 264 g/mol. The highest BCUT2D eigenvalue weighted by molar-refractivity contribution is 5.85. The molecule has 1 saturated heterocycles. The molecule has 4 nitrogen and oxygen atoms in total. The van der Waals surface area contributed by atoms with Crippen molar-refractivity contribution < 1.29 is 9.53 Å². The average molecular weight is 285 g/mol. The van der Waals surface area contributed by atoms with Gasteiger partial charge in [0.2, 0.25) is 5.91 Å². The van der Waals surface area contributed by atoms with Gasteiger partial charge in [-0.05, 0) is 12.5 Å². The Kier molecular flexibility index (Phi) is 6.84. The van der Waals surface area contributed by atoms with Crippen LogP contribution in [0, 0.1) is 6.92 Å². The van der Waals surface area contributed by atoms with Gasteiger partial charge in [0.05, 0.1) is 19.1 Å². The molecule has 19 heavy (non-hydrogen) atoms. The lowest BCUT2D eigenvalue weighted by Crippen LogP contribution is -2.41. The third-order valence-corrected chi connectivity index (χ3v) is 3.03. The highest BCUT2D eigenvalue weighted by Gasteiger charge is 2.16. The summed E-state index contributed by atoms with van der Waals surface area (Å²) in [6, 6.07) is 8.17. The van der Waals surface area contributed by atoms with Gasteiger partial charge in [0.1, 0.15) is 0 Å². The number of benzene rings is 1. The molecule has 106 valence electrons. The van der Waals surface area contributed by atoms with Crippen molar-refractivity contribution in [2.75, 3.05) is 19.7 Å². The monoisotopic (exact) mass is 284 g/mol. The number of carbonyl (C=O) groups is 1. The van der Waals surface area contributed by atoms with Gasteiger partial charge in [-0.2, -0.15) is 0 Å². The van der Waals surface area contributed by atoms with Gasteiger partial charge in [0.15, 0.2) is 0 Å². The number of carbonyl (C=O) groups excluding carboxylic acids is 1. The second kappa shape index (κ2) is 8.15. The van der Waals surface area contributed by atoms with E-state index in [2.05, 4.69) is 29.7 Å². The van der Waals surface area contributed by atoms with Gasteiger partial charge in [-0.15, -0.1) is 12.4 Å². The Hall–Kier alpha value is -1.10. The number of hydrogen-bond donors (Lipinski definition) is 2. The van der Waals surface area contributed by atoms with Crippen molar-refractivity contribution in [1.29, 1.82) is 0 Å². The Labute approximate surface area is 120 Å². The summed E-state index contributed by atoms with van der Waals surface area (Å²) in [5, 5.41) is 6.13. The standard InChI is InChI=1S/C14H20N2O2.ClH/c1-11-2-4-12(5-3-11)9-16-14(17)8-13-10-15-6-7-18-13;/h2-5,13,15H,6-10H2,1H3,(H,16,17);1H. The number of hydrogen-bond acceptors (Lipinski definition) is 3. The Balaban J connectivity index is 0.00000180. The quantitative estimate of drug-likeness (QED) is 0.879. The minimum atomic E-state index is 0. The number of rotatable bonds is 4. The van der Waals surface area contributed by atoms with Crippen LogP contribution >= 0.6 is 12.4 Å². The van der Waals surface area contributed by atoms with Crippen LogP contribution in [0.4, 0.5) is 0 Å². The Bertz CT molecular complexity index is 389. The molecule has 1 aromatic carbocycles. The molecule has 0 spiro atoms. The van der Waals surface area contributed by atoms with E-state index in [1.165, 1.54) is 5.56 Å². The molecular formula is C14H21ClN2O2. The van der Waals surface area contributed by atoms with Crippen LogP contribution in [0.5, 0.6) is 0 Å². The highest BCUT2D eigenvalue weighted by Crippen LogP contribution is 2.04. The normalized spacial score (nSPS) is 18.5. The molecule has 1 unspecified atom stereocenters. The molecule has 1 aliphatic rings. The number of morpholine rings is 1. The molecule has 2 rings (SSSR count). The number of amides is 1. The fourth-order valence-electron chi connectivity index (χ4n) is 1.94. The van der Waals surface area contributed by atoms with Gasteiger partial charge in [-0.1, -0.05) is 29.8 Å². The summed E-state index contributed by atoms with van der Waals surface area (Å²) in [4.78, 5) is 11.7. The third-order valence-electron chi connectivity index (χ3n) is 3.03. The molecule has 1 atom stereocenters. The van der Waals surface area contributed by atoms with Crippen LogP contribution in [0.25, 0.3) is 0 Å². The first-order chi connectivity index (χ1) is 8.74. The van der Waals surface area contributed by atoms with Gasteiger partial charge < -0.3 is 15.4 Å². The molecule has 0 saturated carbocycles. The molecule has 2 N–H and O–H groups in total. The van der Waals surface area contributed by atoms with E-state index < -0.39 is 0 Å². The minimum absolute atomic E-state index is 0. The van der Waals surface area contributed by atoms with Crippen molar-refractivity contribution in [3.63, 3.8) is 0 Å². The third kappa shape index (κ3) is 5.59. The molecule has 1 fully saturated rings. The average Bonchev–Trinajstić information content (AvgIpc) is 2.39. The summed E-state index contributed by atoms with van der Waals surface area (Å²) in [7, 11) is 0. The first-order valence-corrected chi connectivity index (χ1v) is 6.38. The molecule has 5 heteroatoms. The Morgan fingerprint density at radius 3 is 2.79 bits per heavy atom. The second-order valence-electron chi connectivity index (χ2n) is 4.66. The topological polar surface area (TPSA) is 50.4 Å². The van der Waals surface area contributed by atoms with Crippen molar-refractivity contribution >= 4 is 18.3 Å². The lowest BCUT2D eigenvalue weighted by Gasteiger charge is -2.23. The number of ether oxygens (including phenoxy) is 1. The summed E-state index contributed by atoms with van der Waals surface area (Å²) in [5.41, 5.74) is 2.35. The number of halogens is 1. The van der Waals surface area contributed by atoms with Crippen molar-refractivity contribution in [3.8, 4) is 0 Å². The molecule has 0 aliphatic carbocycles. The van der Waals surface area contributed by atoms with E-state index >= 15 is 0 Å². The minimum Gasteiger partial charge on any atom is -0.375 e. The SMILES string of the molecule is Cc1ccc(CNC(=O)CC2CNCCO2)cc1.Cl. The maximum absolute atomic E-state index is 11.7. The van der Waals surface area contributed by atoms with E-state index in [0.717, 1.165) is 18.7 Å². The van der Waals surface area contributed by atoms with Crippen molar-refractivity contribution in [2.45, 2.75) is 26.0 Å². The molecule has 1 heterocycles. The smallest absolute Gasteiger partial charge is 0.222 e. The zero-order valence-corrected chi connectivity index (χ0v) is 12.0. The number of aryl methyl sites for hydroxylation is 1. The van der Waals surface area contributed by atoms with E-state index in [9.17, 15) is 4.79 Å².